The van der Waals surface area contributed by atoms with Crippen molar-refractivity contribution < 1.29 is 13.6 Å². The Hall–Kier alpha value is -7.86. The van der Waals surface area contributed by atoms with E-state index in [0.29, 0.717) is 0 Å². The SMILES string of the molecule is C=C1CC2C(CCc3ccc4c(oc5ccc(-c6ccccc6)cc54)c3-c3n(-c4c(-c5ccccc5)cccc4-c4ccccc4)c4ccccc4[n+]31)c1ccccc1-c1ccc([Si](C)(C)C)c[n+]12. The molecule has 0 saturated carbocycles. The molecule has 11 aromatic rings. The first kappa shape index (κ1) is 41.3. The average Bonchev–Trinajstić information content (AvgIpc) is 3.94. The number of pyridine rings is 1. The molecule has 3 aromatic heterocycles. The van der Waals surface area contributed by atoms with Crippen molar-refractivity contribution in [3.63, 3.8) is 0 Å². The molecule has 13 rings (SSSR count). The van der Waals surface area contributed by atoms with Gasteiger partial charge in [-0.15, -0.1) is 0 Å². The van der Waals surface area contributed by atoms with E-state index in [-0.39, 0.29) is 12.0 Å². The number of benzene rings is 8. The van der Waals surface area contributed by atoms with Crippen LogP contribution in [0.2, 0.25) is 19.6 Å². The van der Waals surface area contributed by atoms with E-state index >= 15 is 0 Å². The van der Waals surface area contributed by atoms with Crippen LogP contribution in [-0.4, -0.2) is 12.6 Å². The van der Waals surface area contributed by atoms with Crippen molar-refractivity contribution in [2.75, 3.05) is 0 Å². The molecule has 0 N–H and O–H groups in total. The van der Waals surface area contributed by atoms with Crippen LogP contribution >= 0.6 is 0 Å². The van der Waals surface area contributed by atoms with E-state index in [9.17, 15) is 0 Å². The topological polar surface area (TPSA) is 25.8 Å². The number of nitrogens with zero attached hydrogens (tertiary/aromatic N) is 3. The predicted molar refractivity (Wildman–Crippen MR) is 288 cm³/mol. The second kappa shape index (κ2) is 16.1. The lowest BCUT2D eigenvalue weighted by Gasteiger charge is -2.32. The molecule has 2 aliphatic heterocycles. The van der Waals surface area contributed by atoms with Gasteiger partial charge in [0.25, 0.3) is 0 Å². The van der Waals surface area contributed by atoms with Gasteiger partial charge in [-0.2, -0.15) is 13.7 Å². The maximum atomic E-state index is 7.32. The van der Waals surface area contributed by atoms with Gasteiger partial charge in [-0.3, -0.25) is 0 Å². The van der Waals surface area contributed by atoms with E-state index < -0.39 is 8.07 Å². The maximum Gasteiger partial charge on any atom is 0.304 e. The minimum Gasteiger partial charge on any atom is -0.455 e. The number of furan rings is 1. The van der Waals surface area contributed by atoms with Gasteiger partial charge >= 0.3 is 5.82 Å². The number of imidazole rings is 1. The summed E-state index contributed by atoms with van der Waals surface area (Å²) in [5.74, 6) is 1.31. The van der Waals surface area contributed by atoms with Gasteiger partial charge in [-0.05, 0) is 76.6 Å². The third kappa shape index (κ3) is 6.70. The molecule has 0 spiro atoms. The van der Waals surface area contributed by atoms with Gasteiger partial charge in [0, 0.05) is 44.6 Å². The average molecular weight is 908 g/mol. The molecule has 0 bridgehead atoms. The highest BCUT2D eigenvalue weighted by atomic mass is 28.3. The quantitative estimate of drug-likeness (QED) is 0.125. The summed E-state index contributed by atoms with van der Waals surface area (Å²) in [5, 5.41) is 3.69. The van der Waals surface area contributed by atoms with Gasteiger partial charge < -0.3 is 4.42 Å². The Morgan fingerprint density at radius 2 is 1.25 bits per heavy atom. The fourth-order valence-electron chi connectivity index (χ4n) is 11.7. The molecule has 2 aliphatic rings. The van der Waals surface area contributed by atoms with E-state index in [0.717, 1.165) is 97.3 Å². The molecule has 0 aliphatic carbocycles. The summed E-state index contributed by atoms with van der Waals surface area (Å²) in [7, 11) is -1.67. The fourth-order valence-corrected chi connectivity index (χ4v) is 12.8. The molecule has 0 saturated heterocycles. The first-order chi connectivity index (χ1) is 33.8. The predicted octanol–water partition coefficient (Wildman–Crippen LogP) is 15.1. The summed E-state index contributed by atoms with van der Waals surface area (Å²) in [4.78, 5) is 0. The molecular weight excluding hydrogens is 855 g/mol. The number of aromatic nitrogens is 3. The monoisotopic (exact) mass is 907 g/mol. The van der Waals surface area contributed by atoms with E-state index in [4.69, 9.17) is 11.0 Å². The molecule has 4 nitrogen and oxygen atoms in total. The highest BCUT2D eigenvalue weighted by molar-refractivity contribution is 6.88. The lowest BCUT2D eigenvalue weighted by atomic mass is 9.77. The van der Waals surface area contributed by atoms with Crippen LogP contribution in [0.3, 0.4) is 0 Å². The molecule has 69 heavy (non-hydrogen) atoms. The Morgan fingerprint density at radius 1 is 0.594 bits per heavy atom. The maximum absolute atomic E-state index is 7.32. The van der Waals surface area contributed by atoms with Crippen LogP contribution < -0.4 is 14.3 Å². The van der Waals surface area contributed by atoms with E-state index in [1.165, 1.54) is 38.7 Å². The third-order valence-electron chi connectivity index (χ3n) is 15.1. The molecule has 332 valence electrons. The van der Waals surface area contributed by atoms with E-state index in [1.54, 1.807) is 0 Å². The van der Waals surface area contributed by atoms with Crippen molar-refractivity contribution >= 4 is 51.9 Å². The number of hydrogen-bond donors (Lipinski definition) is 0. The smallest absolute Gasteiger partial charge is 0.304 e. The third-order valence-corrected chi connectivity index (χ3v) is 17.1. The molecule has 2 atom stereocenters. The zero-order valence-electron chi connectivity index (χ0n) is 39.4. The summed E-state index contributed by atoms with van der Waals surface area (Å²) in [6.07, 6.45) is 5.10. The van der Waals surface area contributed by atoms with Gasteiger partial charge in [0.1, 0.15) is 22.5 Å². The minimum atomic E-state index is -1.67. The highest BCUT2D eigenvalue weighted by Gasteiger charge is 2.45. The lowest BCUT2D eigenvalue weighted by molar-refractivity contribution is -0.719. The van der Waals surface area contributed by atoms with Crippen LogP contribution in [0.1, 0.15) is 35.9 Å². The largest absolute Gasteiger partial charge is 0.455 e. The Bertz CT molecular complexity index is 3760. The Balaban J connectivity index is 1.16. The van der Waals surface area contributed by atoms with Crippen LogP contribution in [0.5, 0.6) is 0 Å². The number of rotatable bonds is 5. The molecule has 8 aromatic carbocycles. The molecular formula is C64H53N3OSi+2. The minimum absolute atomic E-state index is 0.144. The molecule has 0 radical (unpaired) electrons. The van der Waals surface area contributed by atoms with Crippen molar-refractivity contribution in [2.45, 2.75) is 50.9 Å². The van der Waals surface area contributed by atoms with Crippen molar-refractivity contribution in [1.29, 1.82) is 0 Å². The summed E-state index contributed by atoms with van der Waals surface area (Å²) < 4.78 is 15.0. The standard InChI is InChI=1S/C64H53N3OSi/c1-42-39-59-53(51-25-14-15-26-52(51)56-37-34-48(41-65(56)59)69(2,3)4)35-31-46-32-36-54-55-40-47(43-19-8-5-9-20-43)33-38-60(55)68-63(54)61(46)64-66(42)57-29-16-17-30-58(57)67(64)62-49(44-21-10-6-11-22-44)27-18-28-50(62)45-23-12-7-13-24-45/h5-30,32-34,36-38,40-41,53,59H,1,31,35,39H2,2-4H3/q+2. The van der Waals surface area contributed by atoms with Crippen LogP contribution in [0.25, 0.3) is 100 Å². The molecule has 5 heteroatoms. The second-order valence-electron chi connectivity index (χ2n) is 20.1. The first-order valence-electron chi connectivity index (χ1n) is 24.5. The zero-order valence-corrected chi connectivity index (χ0v) is 40.4. The first-order valence-corrected chi connectivity index (χ1v) is 28.0. The Labute approximate surface area is 404 Å². The molecule has 5 heterocycles. The zero-order chi connectivity index (χ0) is 46.4. The van der Waals surface area contributed by atoms with Crippen LogP contribution in [0.4, 0.5) is 0 Å². The summed E-state index contributed by atoms with van der Waals surface area (Å²) in [6.45, 7) is 12.6. The normalized spacial score (nSPS) is 15.6. The number of hydrogen-bond acceptors (Lipinski definition) is 1. The van der Waals surface area contributed by atoms with Gasteiger partial charge in [0.05, 0.1) is 14.5 Å². The lowest BCUT2D eigenvalue weighted by Crippen LogP contribution is -2.53. The highest BCUT2D eigenvalue weighted by Crippen LogP contribution is 2.48. The summed E-state index contributed by atoms with van der Waals surface area (Å²) in [5.41, 5.74) is 19.6. The van der Waals surface area contributed by atoms with Crippen LogP contribution in [0.15, 0.2) is 217 Å². The van der Waals surface area contributed by atoms with Crippen molar-refractivity contribution in [1.82, 2.24) is 4.57 Å². The number of fused-ring (bicyclic) bond motifs is 15. The van der Waals surface area contributed by atoms with E-state index in [2.05, 4.69) is 240 Å². The van der Waals surface area contributed by atoms with Crippen LogP contribution in [-0.2, 0) is 6.42 Å². The summed E-state index contributed by atoms with van der Waals surface area (Å²) >= 11 is 0. The van der Waals surface area contributed by atoms with Crippen molar-refractivity contribution in [3.8, 4) is 61.7 Å². The van der Waals surface area contributed by atoms with Gasteiger partial charge in [-0.25, -0.2) is 0 Å². The van der Waals surface area contributed by atoms with Crippen molar-refractivity contribution in [3.05, 3.63) is 224 Å². The number of allylic oxidation sites excluding steroid dienone is 1. The Kier molecular flexibility index (Phi) is 9.67. The summed E-state index contributed by atoms with van der Waals surface area (Å²) in [6, 6.07) is 73.7. The fraction of sp³-hybridized carbons (Fsp3) is 0.125. The van der Waals surface area contributed by atoms with Crippen molar-refractivity contribution in [2.24, 2.45) is 0 Å². The van der Waals surface area contributed by atoms with Gasteiger partial charge in [0.15, 0.2) is 28.9 Å². The number of para-hydroxylation sites is 3. The van der Waals surface area contributed by atoms with Gasteiger partial charge in [-0.1, -0.05) is 190 Å². The van der Waals surface area contributed by atoms with Gasteiger partial charge in [0.2, 0.25) is 5.69 Å². The number of aryl methyl sites for hydroxylation is 1. The van der Waals surface area contributed by atoms with Crippen LogP contribution in [0, 0.1) is 0 Å². The Morgan fingerprint density at radius 3 is 1.97 bits per heavy atom. The molecule has 0 amide bonds. The second-order valence-corrected chi connectivity index (χ2v) is 25.2. The van der Waals surface area contributed by atoms with E-state index in [1.807, 2.05) is 0 Å². The molecule has 2 unspecified atom stereocenters. The molecule has 0 fully saturated rings.